The Morgan fingerprint density at radius 2 is 2.40 bits per heavy atom. The summed E-state index contributed by atoms with van der Waals surface area (Å²) in [5, 5.41) is 21.8. The Kier molecular flexibility index (Phi) is 4.04. The van der Waals surface area contributed by atoms with E-state index in [0.717, 1.165) is 4.57 Å². The summed E-state index contributed by atoms with van der Waals surface area (Å²) >= 11 is 0. The number of anilines is 1. The van der Waals surface area contributed by atoms with Gasteiger partial charge in [-0.3, -0.25) is 4.57 Å². The Bertz CT molecular complexity index is 533. The highest BCUT2D eigenvalue weighted by Gasteiger charge is 2.55. The topological polar surface area (TPSA) is 123 Å². The zero-order valence-corrected chi connectivity index (χ0v) is 10.9. The molecule has 2 heterocycles. The summed E-state index contributed by atoms with van der Waals surface area (Å²) in [5.74, 6) is 0.326. The maximum absolute atomic E-state index is 14.2. The first-order valence-corrected chi connectivity index (χ1v) is 6.07. The van der Waals surface area contributed by atoms with Gasteiger partial charge in [-0.1, -0.05) is 0 Å². The van der Waals surface area contributed by atoms with Crippen LogP contribution in [0.25, 0.3) is 0 Å². The molecule has 4 atom stereocenters. The van der Waals surface area contributed by atoms with Gasteiger partial charge in [0.25, 0.3) is 0 Å². The smallest absolute Gasteiger partial charge is 0.351 e. The van der Waals surface area contributed by atoms with Crippen molar-refractivity contribution in [2.75, 3.05) is 25.5 Å². The first-order valence-electron chi connectivity index (χ1n) is 6.07. The highest BCUT2D eigenvalue weighted by atomic mass is 19.1. The lowest BCUT2D eigenvalue weighted by atomic mass is 9.97. The van der Waals surface area contributed by atoms with E-state index in [-0.39, 0.29) is 6.54 Å². The van der Waals surface area contributed by atoms with Crippen molar-refractivity contribution in [3.05, 3.63) is 22.7 Å². The zero-order chi connectivity index (χ0) is 14.9. The van der Waals surface area contributed by atoms with E-state index in [9.17, 15) is 19.4 Å². The van der Waals surface area contributed by atoms with Gasteiger partial charge >= 0.3 is 5.69 Å². The highest BCUT2D eigenvalue weighted by Crippen LogP contribution is 2.37. The fraction of sp³-hybridized carbons (Fsp3) is 0.636. The summed E-state index contributed by atoms with van der Waals surface area (Å²) in [6.07, 6.45) is -3.61. The van der Waals surface area contributed by atoms with Crippen LogP contribution in [0.1, 0.15) is 6.23 Å². The van der Waals surface area contributed by atoms with Crippen LogP contribution in [-0.4, -0.2) is 57.8 Å². The van der Waals surface area contributed by atoms with E-state index >= 15 is 0 Å². The highest BCUT2D eigenvalue weighted by molar-refractivity contribution is 5.30. The lowest BCUT2D eigenvalue weighted by Gasteiger charge is -2.27. The fourth-order valence-corrected chi connectivity index (χ4v) is 2.14. The summed E-state index contributed by atoms with van der Waals surface area (Å²) in [5.41, 5.74) is 3.08. The first-order chi connectivity index (χ1) is 9.49. The normalized spacial score (nSPS) is 33.4. The number of alkyl halides is 1. The Morgan fingerprint density at radius 3 is 2.85 bits per heavy atom. The van der Waals surface area contributed by atoms with Crippen LogP contribution in [0, 0.1) is 0 Å². The van der Waals surface area contributed by atoms with Crippen molar-refractivity contribution in [2.45, 2.75) is 24.1 Å². The van der Waals surface area contributed by atoms with Crippen molar-refractivity contribution in [3.8, 4) is 0 Å². The minimum atomic E-state index is -1.90. The van der Waals surface area contributed by atoms with Crippen LogP contribution < -0.4 is 16.7 Å². The lowest BCUT2D eigenvalue weighted by Crippen LogP contribution is -2.51. The van der Waals surface area contributed by atoms with E-state index in [1.54, 1.807) is 7.05 Å². The Hall–Kier alpha value is -1.55. The first kappa shape index (κ1) is 14.9. The van der Waals surface area contributed by atoms with Crippen LogP contribution in [0.5, 0.6) is 0 Å². The zero-order valence-electron chi connectivity index (χ0n) is 10.9. The van der Waals surface area contributed by atoms with Crippen molar-refractivity contribution in [3.63, 3.8) is 0 Å². The molecule has 1 aliphatic rings. The van der Waals surface area contributed by atoms with Gasteiger partial charge in [0.15, 0.2) is 12.4 Å². The maximum atomic E-state index is 14.2. The van der Waals surface area contributed by atoms with Crippen molar-refractivity contribution >= 4 is 5.82 Å². The number of halogens is 1. The average Bonchev–Trinajstić information content (AvgIpc) is 2.72. The van der Waals surface area contributed by atoms with Crippen LogP contribution in [0.15, 0.2) is 17.1 Å². The van der Waals surface area contributed by atoms with Gasteiger partial charge in [0.05, 0.1) is 6.61 Å². The number of nitrogens with one attached hydrogen (secondary N) is 1. The van der Waals surface area contributed by atoms with Gasteiger partial charge in [-0.15, -0.1) is 0 Å². The quantitative estimate of drug-likeness (QED) is 0.515. The van der Waals surface area contributed by atoms with Gasteiger partial charge in [-0.25, -0.2) is 9.18 Å². The largest absolute Gasteiger partial charge is 0.393 e. The number of hydrogen-bond donors (Lipinski definition) is 4. The molecule has 1 aromatic rings. The van der Waals surface area contributed by atoms with Crippen molar-refractivity contribution in [2.24, 2.45) is 5.73 Å². The number of nitrogens with zero attached hydrogens (tertiary/aromatic N) is 2. The van der Waals surface area contributed by atoms with Crippen LogP contribution in [0.2, 0.25) is 0 Å². The van der Waals surface area contributed by atoms with E-state index in [0.29, 0.717) is 5.82 Å². The number of ether oxygens (including phenoxy) is 1. The van der Waals surface area contributed by atoms with Gasteiger partial charge in [-0.2, -0.15) is 4.98 Å². The number of aromatic nitrogens is 2. The average molecular weight is 288 g/mol. The molecule has 0 saturated carbocycles. The number of rotatable bonds is 4. The molecule has 8 nitrogen and oxygen atoms in total. The summed E-state index contributed by atoms with van der Waals surface area (Å²) < 4.78 is 20.4. The van der Waals surface area contributed by atoms with E-state index in [1.807, 2.05) is 0 Å². The number of aliphatic hydroxyl groups is 2. The number of nitrogens with two attached hydrogens (primary N) is 1. The van der Waals surface area contributed by atoms with Crippen molar-refractivity contribution < 1.29 is 19.3 Å². The SMILES string of the molecule is CNc1ccn(C2O[C@](CN)(CO)[C@@H](O)[C@H]2F)c(=O)n1. The molecule has 0 spiro atoms. The molecule has 1 aromatic heterocycles. The summed E-state index contributed by atoms with van der Waals surface area (Å²) in [6.45, 7) is -0.934. The maximum Gasteiger partial charge on any atom is 0.351 e. The second kappa shape index (κ2) is 5.44. The Labute approximate surface area is 114 Å². The molecule has 0 bridgehead atoms. The Balaban J connectivity index is 2.37. The molecule has 1 fully saturated rings. The van der Waals surface area contributed by atoms with Crippen LogP contribution >= 0.6 is 0 Å². The summed E-state index contributed by atoms with van der Waals surface area (Å²) in [6, 6.07) is 1.46. The minimum Gasteiger partial charge on any atom is -0.393 e. The minimum absolute atomic E-state index is 0.279. The molecule has 112 valence electrons. The molecule has 9 heteroatoms. The standard InChI is InChI=1S/C11H17FN4O4/c1-14-6-2-3-16(10(19)15-6)9-7(12)8(18)11(4-13,5-17)20-9/h2-3,7-9,17-18H,4-5,13H2,1H3,(H,14,15,19)/t7-,8+,9?,11-/m1/s1. The molecule has 0 radical (unpaired) electrons. The molecule has 1 aliphatic heterocycles. The molecule has 0 aromatic carbocycles. The van der Waals surface area contributed by atoms with Gasteiger partial charge in [0, 0.05) is 19.8 Å². The van der Waals surface area contributed by atoms with Crippen LogP contribution in [-0.2, 0) is 4.74 Å². The van der Waals surface area contributed by atoms with Gasteiger partial charge in [0.2, 0.25) is 0 Å². The third-order valence-corrected chi connectivity index (χ3v) is 3.44. The van der Waals surface area contributed by atoms with E-state index < -0.39 is 36.4 Å². The van der Waals surface area contributed by atoms with Gasteiger partial charge in [0.1, 0.15) is 17.5 Å². The van der Waals surface area contributed by atoms with Gasteiger partial charge < -0.3 is 26.0 Å². The van der Waals surface area contributed by atoms with Crippen molar-refractivity contribution in [1.82, 2.24) is 9.55 Å². The molecule has 0 amide bonds. The third-order valence-electron chi connectivity index (χ3n) is 3.44. The molecule has 1 saturated heterocycles. The predicted octanol–water partition coefficient (Wildman–Crippen LogP) is -1.80. The second-order valence-corrected chi connectivity index (χ2v) is 4.58. The molecule has 0 aliphatic carbocycles. The molecule has 5 N–H and O–H groups in total. The third kappa shape index (κ3) is 2.18. The summed E-state index contributed by atoms with van der Waals surface area (Å²) in [7, 11) is 1.59. The lowest BCUT2D eigenvalue weighted by molar-refractivity contribution is -0.122. The molecule has 1 unspecified atom stereocenters. The molecular formula is C11H17FN4O4. The molecule has 2 rings (SSSR count). The number of hydrogen-bond acceptors (Lipinski definition) is 7. The predicted molar refractivity (Wildman–Crippen MR) is 67.9 cm³/mol. The summed E-state index contributed by atoms with van der Waals surface area (Å²) in [4.78, 5) is 15.5. The second-order valence-electron chi connectivity index (χ2n) is 4.58. The van der Waals surface area contributed by atoms with E-state index in [4.69, 9.17) is 10.5 Å². The van der Waals surface area contributed by atoms with Crippen LogP contribution in [0.4, 0.5) is 10.2 Å². The van der Waals surface area contributed by atoms with Crippen LogP contribution in [0.3, 0.4) is 0 Å². The fourth-order valence-electron chi connectivity index (χ4n) is 2.14. The van der Waals surface area contributed by atoms with E-state index in [2.05, 4.69) is 10.3 Å². The number of aliphatic hydroxyl groups excluding tert-OH is 2. The van der Waals surface area contributed by atoms with E-state index in [1.165, 1.54) is 12.3 Å². The van der Waals surface area contributed by atoms with Gasteiger partial charge in [-0.05, 0) is 6.07 Å². The molecular weight excluding hydrogens is 271 g/mol. The van der Waals surface area contributed by atoms with Crippen molar-refractivity contribution in [1.29, 1.82) is 0 Å². The molecule has 20 heavy (non-hydrogen) atoms. The monoisotopic (exact) mass is 288 g/mol. The Morgan fingerprint density at radius 1 is 1.70 bits per heavy atom.